The molecule has 9 heteroatoms. The fourth-order valence-corrected chi connectivity index (χ4v) is 7.35. The van der Waals surface area contributed by atoms with Gasteiger partial charge in [-0.05, 0) is 122 Å². The van der Waals surface area contributed by atoms with Gasteiger partial charge in [-0.2, -0.15) is 0 Å². The zero-order valence-corrected chi connectivity index (χ0v) is 46.7. The Kier molecular flexibility index (Phi) is 48.8. The highest BCUT2D eigenvalue weighted by Crippen LogP contribution is 2.43. The lowest BCUT2D eigenvalue weighted by Gasteiger charge is -2.25. The fourth-order valence-electron chi connectivity index (χ4n) is 6.61. The molecule has 404 valence electrons. The highest BCUT2D eigenvalue weighted by molar-refractivity contribution is 7.47. The normalized spacial score (nSPS) is 15.3. The average molecular weight is 1010 g/mol. The van der Waals surface area contributed by atoms with E-state index in [0.717, 1.165) is 148 Å². The quantitative estimate of drug-likeness (QED) is 0.0243. The summed E-state index contributed by atoms with van der Waals surface area (Å²) in [6, 6.07) is -0.892. The van der Waals surface area contributed by atoms with Crippen LogP contribution in [0.2, 0.25) is 0 Å². The molecule has 0 aromatic rings. The summed E-state index contributed by atoms with van der Waals surface area (Å²) in [5, 5.41) is 13.8. The summed E-state index contributed by atoms with van der Waals surface area (Å²) in [5.41, 5.74) is 0. The molecule has 0 radical (unpaired) electrons. The maximum absolute atomic E-state index is 12.9. The number of aliphatic hydroxyl groups excluding tert-OH is 1. The van der Waals surface area contributed by atoms with E-state index in [-0.39, 0.29) is 19.1 Å². The minimum atomic E-state index is -4.37. The number of amides is 1. The first-order valence-electron chi connectivity index (χ1n) is 27.5. The first-order valence-corrected chi connectivity index (χ1v) is 29.0. The fraction of sp³-hybridized carbons (Fsp3) is 0.540. The highest BCUT2D eigenvalue weighted by atomic mass is 31.2. The smallest absolute Gasteiger partial charge is 0.387 e. The van der Waals surface area contributed by atoms with Crippen LogP contribution in [0.5, 0.6) is 0 Å². The number of nitrogens with one attached hydrogen (secondary N) is 1. The number of likely N-dealkylation sites (N-methyl/N-ethyl adjacent to an activating group) is 1. The summed E-state index contributed by atoms with van der Waals surface area (Å²) in [7, 11) is 1.50. The Balaban J connectivity index is 4.20. The van der Waals surface area contributed by atoms with Crippen molar-refractivity contribution in [1.82, 2.24) is 5.32 Å². The third-order valence-corrected chi connectivity index (χ3v) is 11.9. The Morgan fingerprint density at radius 3 is 1.26 bits per heavy atom. The standard InChI is InChI=1S/C63H101N2O6P/c1-6-8-10-12-14-16-18-19-20-21-22-23-24-25-26-27-28-29-30-31-32-33-34-35-36-37-38-39-40-41-42-43-44-45-47-49-51-53-55-57-63(67)64-61(60-71-72(68,69)70-59-58-65(3,4)5)62(66)56-54-52-50-48-46-17-15-13-11-9-7-2/h8,10-11,13-14,16,19-20,22-23,25-26,28-29,31-32,34-35,37-38,40-41,43-44,46,48,54,56,61-62,66H,6-7,9,12,15,17-18,21,24,27,30,33,36,39,42,45,47,49-53,55,57-60H2,1-5H3,(H-,64,67,68,69)/p+1/b10-8-,13-11+,16-14-,20-19-,23-22-,26-25-,29-28-,32-31-,35-34-,38-37-,41-40-,44-43-,48-46+,56-54+. The van der Waals surface area contributed by atoms with Gasteiger partial charge in [-0.25, -0.2) is 4.57 Å². The van der Waals surface area contributed by atoms with Crippen LogP contribution in [0.25, 0.3) is 0 Å². The van der Waals surface area contributed by atoms with Crippen molar-refractivity contribution in [2.45, 2.75) is 180 Å². The van der Waals surface area contributed by atoms with Crippen molar-refractivity contribution in [3.8, 4) is 0 Å². The number of rotatable bonds is 47. The lowest BCUT2D eigenvalue weighted by atomic mass is 10.1. The van der Waals surface area contributed by atoms with Gasteiger partial charge in [0, 0.05) is 6.42 Å². The van der Waals surface area contributed by atoms with E-state index in [4.69, 9.17) is 9.05 Å². The number of quaternary nitrogens is 1. The molecule has 0 aliphatic carbocycles. The van der Waals surface area contributed by atoms with E-state index in [9.17, 15) is 19.4 Å². The molecule has 72 heavy (non-hydrogen) atoms. The largest absolute Gasteiger partial charge is 0.472 e. The van der Waals surface area contributed by atoms with Crippen molar-refractivity contribution in [3.63, 3.8) is 0 Å². The number of allylic oxidation sites excluding steroid dienone is 27. The summed E-state index contributed by atoms with van der Waals surface area (Å²) in [4.78, 5) is 23.2. The van der Waals surface area contributed by atoms with Crippen molar-refractivity contribution in [1.29, 1.82) is 0 Å². The molecule has 3 atom stereocenters. The van der Waals surface area contributed by atoms with Gasteiger partial charge in [-0.1, -0.05) is 210 Å². The average Bonchev–Trinajstić information content (AvgIpc) is 3.34. The monoisotopic (exact) mass is 1010 g/mol. The molecule has 0 saturated heterocycles. The molecule has 1 amide bonds. The van der Waals surface area contributed by atoms with Crippen molar-refractivity contribution in [2.75, 3.05) is 40.9 Å². The summed E-state index contributed by atoms with van der Waals surface area (Å²) in [6.45, 7) is 4.53. The Morgan fingerprint density at radius 2 is 0.847 bits per heavy atom. The zero-order chi connectivity index (χ0) is 52.7. The van der Waals surface area contributed by atoms with Crippen LogP contribution in [0.1, 0.15) is 168 Å². The van der Waals surface area contributed by atoms with E-state index in [1.807, 2.05) is 27.2 Å². The number of hydrogen-bond acceptors (Lipinski definition) is 5. The van der Waals surface area contributed by atoms with Crippen LogP contribution in [-0.4, -0.2) is 73.4 Å². The maximum atomic E-state index is 12.9. The SMILES string of the molecule is CC/C=C\C/C=C\C/C=C\C/C=C\C/C=C\C/C=C\C/C=C\C/C=C\C/C=C\C/C=C\C/C=C\CCCCCCCC(=O)NC(COP(=O)(O)OCC[N+](C)(C)C)C(O)/C=C/CC/C=C/CC/C=C/CCC. The number of unbranched alkanes of at least 4 members (excludes halogenated alkanes) is 8. The highest BCUT2D eigenvalue weighted by Gasteiger charge is 2.27. The van der Waals surface area contributed by atoms with Gasteiger partial charge in [0.1, 0.15) is 13.2 Å². The van der Waals surface area contributed by atoms with E-state index in [1.165, 1.54) is 0 Å². The van der Waals surface area contributed by atoms with Crippen LogP contribution in [0, 0.1) is 0 Å². The lowest BCUT2D eigenvalue weighted by Crippen LogP contribution is -2.45. The van der Waals surface area contributed by atoms with Crippen LogP contribution in [-0.2, 0) is 18.4 Å². The molecule has 0 aromatic carbocycles. The topological polar surface area (TPSA) is 105 Å². The Labute approximate surface area is 441 Å². The number of nitrogens with zero attached hydrogens (tertiary/aromatic N) is 1. The molecule has 0 aliphatic rings. The van der Waals surface area contributed by atoms with Gasteiger partial charge in [0.15, 0.2) is 0 Å². The maximum Gasteiger partial charge on any atom is 0.472 e. The number of phosphoric acid groups is 1. The third-order valence-electron chi connectivity index (χ3n) is 10.9. The van der Waals surface area contributed by atoms with Crippen LogP contribution in [0.4, 0.5) is 0 Å². The van der Waals surface area contributed by atoms with Crippen LogP contribution in [0.3, 0.4) is 0 Å². The molecule has 0 heterocycles. The summed E-state index contributed by atoms with van der Waals surface area (Å²) >= 11 is 0. The first-order chi connectivity index (χ1) is 35.0. The molecule has 0 bridgehead atoms. The Hall–Kier alpha value is -4.14. The second kappa shape index (κ2) is 51.7. The molecule has 0 aromatic heterocycles. The lowest BCUT2D eigenvalue weighted by molar-refractivity contribution is -0.870. The molecule has 8 nitrogen and oxygen atoms in total. The summed E-state index contributed by atoms with van der Waals surface area (Å²) < 4.78 is 23.5. The Morgan fingerprint density at radius 1 is 0.486 bits per heavy atom. The van der Waals surface area contributed by atoms with Gasteiger partial charge in [-0.3, -0.25) is 13.8 Å². The summed E-state index contributed by atoms with van der Waals surface area (Å²) in [5.74, 6) is -0.221. The molecule has 0 rings (SSSR count). The molecule has 3 unspecified atom stereocenters. The van der Waals surface area contributed by atoms with E-state index in [0.29, 0.717) is 17.4 Å². The number of phosphoric ester groups is 1. The van der Waals surface area contributed by atoms with Crippen LogP contribution >= 0.6 is 7.82 Å². The molecular weight excluding hydrogens is 912 g/mol. The van der Waals surface area contributed by atoms with Crippen molar-refractivity contribution >= 4 is 13.7 Å². The predicted octanol–water partition coefficient (Wildman–Crippen LogP) is 16.9. The van der Waals surface area contributed by atoms with Gasteiger partial charge in [0.2, 0.25) is 5.91 Å². The molecule has 3 N–H and O–H groups in total. The van der Waals surface area contributed by atoms with Gasteiger partial charge in [-0.15, -0.1) is 0 Å². The summed E-state index contributed by atoms with van der Waals surface area (Å²) in [6.07, 6.45) is 83.2. The molecule has 0 saturated carbocycles. The Bertz CT molecular complexity index is 1770. The van der Waals surface area contributed by atoms with Crippen molar-refractivity contribution in [3.05, 3.63) is 170 Å². The van der Waals surface area contributed by atoms with Crippen LogP contribution < -0.4 is 5.32 Å². The second-order valence-electron chi connectivity index (χ2n) is 18.8. The molecule has 0 spiro atoms. The number of carbonyl (C=O) groups excluding carboxylic acids is 1. The van der Waals surface area contributed by atoms with E-state index >= 15 is 0 Å². The van der Waals surface area contributed by atoms with Crippen LogP contribution in [0.15, 0.2) is 170 Å². The minimum absolute atomic E-state index is 0.0394. The first kappa shape index (κ1) is 67.9. The zero-order valence-electron chi connectivity index (χ0n) is 45.8. The van der Waals surface area contributed by atoms with E-state index in [2.05, 4.69) is 177 Å². The van der Waals surface area contributed by atoms with Crippen molar-refractivity contribution in [2.24, 2.45) is 0 Å². The molecule has 0 fully saturated rings. The van der Waals surface area contributed by atoms with Gasteiger partial charge in [0.25, 0.3) is 0 Å². The number of aliphatic hydroxyl groups is 1. The van der Waals surface area contributed by atoms with Crippen molar-refractivity contribution < 1.29 is 32.9 Å². The van der Waals surface area contributed by atoms with Gasteiger partial charge < -0.3 is 19.8 Å². The number of carbonyl (C=O) groups is 1. The molecular formula is C63H102N2O6P+. The molecule has 0 aliphatic heterocycles. The van der Waals surface area contributed by atoms with Gasteiger partial charge >= 0.3 is 7.82 Å². The third kappa shape index (κ3) is 53.7. The second-order valence-corrected chi connectivity index (χ2v) is 20.3. The van der Waals surface area contributed by atoms with E-state index < -0.39 is 20.0 Å². The van der Waals surface area contributed by atoms with E-state index in [1.54, 1.807) is 6.08 Å². The minimum Gasteiger partial charge on any atom is -0.387 e. The number of hydrogen-bond donors (Lipinski definition) is 3. The predicted molar refractivity (Wildman–Crippen MR) is 313 cm³/mol. The van der Waals surface area contributed by atoms with Gasteiger partial charge in [0.05, 0.1) is 39.9 Å².